The largest absolute Gasteiger partial charge is 0.339 e. The van der Waals surface area contributed by atoms with Gasteiger partial charge in [-0.15, -0.1) is 0 Å². The van der Waals surface area contributed by atoms with Crippen LogP contribution in [0.1, 0.15) is 18.4 Å². The predicted molar refractivity (Wildman–Crippen MR) is 71.8 cm³/mol. The van der Waals surface area contributed by atoms with Crippen molar-refractivity contribution in [1.29, 1.82) is 0 Å². The molecule has 1 N–H and O–H groups in total. The Hall–Kier alpha value is -1.06. The van der Waals surface area contributed by atoms with Crippen LogP contribution in [-0.4, -0.2) is 37.0 Å². The van der Waals surface area contributed by atoms with Crippen molar-refractivity contribution >= 4 is 17.5 Å². The Bertz CT molecular complexity index is 447. The fourth-order valence-corrected chi connectivity index (χ4v) is 2.82. The van der Waals surface area contributed by atoms with Gasteiger partial charge in [-0.25, -0.2) is 0 Å². The maximum atomic E-state index is 12.6. The van der Waals surface area contributed by atoms with Gasteiger partial charge in [-0.05, 0) is 30.5 Å². The van der Waals surface area contributed by atoms with E-state index in [2.05, 4.69) is 5.32 Å². The minimum absolute atomic E-state index is 0.248. The molecule has 0 aromatic heterocycles. The van der Waals surface area contributed by atoms with Crippen LogP contribution < -0.4 is 5.32 Å². The van der Waals surface area contributed by atoms with Gasteiger partial charge < -0.3 is 10.2 Å². The summed E-state index contributed by atoms with van der Waals surface area (Å²) in [5.74, 6) is 0.298. The van der Waals surface area contributed by atoms with Crippen molar-refractivity contribution in [2.75, 3.05) is 26.2 Å². The molecule has 0 bridgehead atoms. The van der Waals surface area contributed by atoms with E-state index in [4.69, 9.17) is 11.6 Å². The van der Waals surface area contributed by atoms with Crippen LogP contribution in [0.5, 0.6) is 0 Å². The van der Waals surface area contributed by atoms with Crippen molar-refractivity contribution < 1.29 is 4.79 Å². The monoisotopic (exact) mass is 264 g/mol. The average Bonchev–Trinajstić information content (AvgIpc) is 3.21. The Labute approximate surface area is 112 Å². The first-order chi connectivity index (χ1) is 8.72. The smallest absolute Gasteiger partial charge is 0.233 e. The van der Waals surface area contributed by atoms with Gasteiger partial charge in [0.2, 0.25) is 5.91 Å². The molecule has 1 saturated carbocycles. The highest BCUT2D eigenvalue weighted by Gasteiger charge is 2.52. The average molecular weight is 265 g/mol. The second-order valence-electron chi connectivity index (χ2n) is 5.13. The first-order valence-corrected chi connectivity index (χ1v) is 6.86. The van der Waals surface area contributed by atoms with E-state index in [-0.39, 0.29) is 5.41 Å². The summed E-state index contributed by atoms with van der Waals surface area (Å²) in [6, 6.07) is 7.74. The zero-order chi connectivity index (χ0) is 12.6. The van der Waals surface area contributed by atoms with Crippen LogP contribution in [0.15, 0.2) is 24.3 Å². The zero-order valence-electron chi connectivity index (χ0n) is 10.3. The van der Waals surface area contributed by atoms with E-state index in [1.54, 1.807) is 0 Å². The van der Waals surface area contributed by atoms with Crippen molar-refractivity contribution in [2.45, 2.75) is 18.3 Å². The lowest BCUT2D eigenvalue weighted by Crippen LogP contribution is -2.49. The van der Waals surface area contributed by atoms with Crippen LogP contribution >= 0.6 is 11.6 Å². The molecule has 1 saturated heterocycles. The van der Waals surface area contributed by atoms with Gasteiger partial charge in [0.15, 0.2) is 0 Å². The Morgan fingerprint density at radius 2 is 1.78 bits per heavy atom. The third-order valence-corrected chi connectivity index (χ3v) is 4.21. The minimum Gasteiger partial charge on any atom is -0.339 e. The van der Waals surface area contributed by atoms with E-state index < -0.39 is 0 Å². The van der Waals surface area contributed by atoms with Crippen LogP contribution in [0.4, 0.5) is 0 Å². The highest BCUT2D eigenvalue weighted by atomic mass is 35.5. The topological polar surface area (TPSA) is 32.3 Å². The Morgan fingerprint density at radius 3 is 2.33 bits per heavy atom. The molecule has 2 aliphatic rings. The van der Waals surface area contributed by atoms with Gasteiger partial charge in [0.25, 0.3) is 0 Å². The number of nitrogens with one attached hydrogen (secondary N) is 1. The van der Waals surface area contributed by atoms with E-state index in [0.29, 0.717) is 5.91 Å². The predicted octanol–water partition coefficient (Wildman–Crippen LogP) is 1.80. The molecule has 0 spiro atoms. The van der Waals surface area contributed by atoms with E-state index in [9.17, 15) is 4.79 Å². The van der Waals surface area contributed by atoms with Gasteiger partial charge in [-0.1, -0.05) is 23.7 Å². The summed E-state index contributed by atoms with van der Waals surface area (Å²) < 4.78 is 0. The summed E-state index contributed by atoms with van der Waals surface area (Å²) >= 11 is 5.91. The molecule has 3 nitrogen and oxygen atoms in total. The first kappa shape index (κ1) is 12.0. The molecule has 1 amide bonds. The Kier molecular flexibility index (Phi) is 3.04. The van der Waals surface area contributed by atoms with Crippen molar-refractivity contribution in [2.24, 2.45) is 0 Å². The SMILES string of the molecule is O=C(N1CCNCC1)C1(c2ccc(Cl)cc2)CC1. The van der Waals surface area contributed by atoms with E-state index in [1.807, 2.05) is 29.2 Å². The molecular weight excluding hydrogens is 248 g/mol. The molecule has 1 aromatic rings. The second-order valence-corrected chi connectivity index (χ2v) is 5.57. The molecule has 1 aliphatic carbocycles. The summed E-state index contributed by atoms with van der Waals surface area (Å²) in [4.78, 5) is 14.6. The number of carbonyl (C=O) groups excluding carboxylic acids is 1. The Balaban J connectivity index is 1.81. The van der Waals surface area contributed by atoms with E-state index >= 15 is 0 Å². The molecule has 1 aliphatic heterocycles. The molecule has 0 unspecified atom stereocenters. The van der Waals surface area contributed by atoms with Crippen LogP contribution in [0, 0.1) is 0 Å². The first-order valence-electron chi connectivity index (χ1n) is 6.48. The Morgan fingerprint density at radius 1 is 1.17 bits per heavy atom. The number of hydrogen-bond donors (Lipinski definition) is 1. The fourth-order valence-electron chi connectivity index (χ4n) is 2.69. The zero-order valence-corrected chi connectivity index (χ0v) is 11.0. The van der Waals surface area contributed by atoms with Gasteiger partial charge in [-0.2, -0.15) is 0 Å². The van der Waals surface area contributed by atoms with Gasteiger partial charge in [-0.3, -0.25) is 4.79 Å². The number of nitrogens with zero attached hydrogens (tertiary/aromatic N) is 1. The third kappa shape index (κ3) is 2.02. The molecule has 3 rings (SSSR count). The number of amides is 1. The van der Waals surface area contributed by atoms with Crippen molar-refractivity contribution in [3.8, 4) is 0 Å². The van der Waals surface area contributed by atoms with Gasteiger partial charge in [0.1, 0.15) is 0 Å². The van der Waals surface area contributed by atoms with Gasteiger partial charge in [0.05, 0.1) is 5.41 Å². The summed E-state index contributed by atoms with van der Waals surface area (Å²) in [6.45, 7) is 3.47. The summed E-state index contributed by atoms with van der Waals surface area (Å²) in [5, 5.41) is 4.00. The van der Waals surface area contributed by atoms with Crippen LogP contribution in [0.25, 0.3) is 0 Å². The van der Waals surface area contributed by atoms with Crippen LogP contribution in [-0.2, 0) is 10.2 Å². The van der Waals surface area contributed by atoms with Crippen LogP contribution in [0.2, 0.25) is 5.02 Å². The molecule has 0 radical (unpaired) electrons. The van der Waals surface area contributed by atoms with Gasteiger partial charge in [0, 0.05) is 31.2 Å². The number of rotatable bonds is 2. The lowest BCUT2D eigenvalue weighted by Gasteiger charge is -2.31. The minimum atomic E-state index is -0.248. The maximum Gasteiger partial charge on any atom is 0.233 e. The fraction of sp³-hybridized carbons (Fsp3) is 0.500. The lowest BCUT2D eigenvalue weighted by molar-refractivity contribution is -0.134. The number of carbonyl (C=O) groups is 1. The molecule has 4 heteroatoms. The van der Waals surface area contributed by atoms with Crippen molar-refractivity contribution in [3.05, 3.63) is 34.9 Å². The van der Waals surface area contributed by atoms with Crippen molar-refractivity contribution in [1.82, 2.24) is 10.2 Å². The standard InChI is InChI=1S/C14H17ClN2O/c15-12-3-1-11(2-4-12)14(5-6-14)13(18)17-9-7-16-8-10-17/h1-4,16H,5-10H2. The third-order valence-electron chi connectivity index (χ3n) is 3.96. The quantitative estimate of drug-likeness (QED) is 0.884. The van der Waals surface area contributed by atoms with E-state index in [0.717, 1.165) is 49.6 Å². The van der Waals surface area contributed by atoms with Gasteiger partial charge >= 0.3 is 0 Å². The highest BCUT2D eigenvalue weighted by molar-refractivity contribution is 6.30. The molecule has 1 heterocycles. The molecule has 0 atom stereocenters. The summed E-state index contributed by atoms with van der Waals surface area (Å²) in [7, 11) is 0. The molecule has 1 aromatic carbocycles. The molecule has 18 heavy (non-hydrogen) atoms. The molecule has 2 fully saturated rings. The number of hydrogen-bond acceptors (Lipinski definition) is 2. The number of piperazine rings is 1. The number of benzene rings is 1. The highest BCUT2D eigenvalue weighted by Crippen LogP contribution is 2.49. The summed E-state index contributed by atoms with van der Waals surface area (Å²) in [5.41, 5.74) is 0.873. The molecular formula is C14H17ClN2O. The van der Waals surface area contributed by atoms with Crippen molar-refractivity contribution in [3.63, 3.8) is 0 Å². The van der Waals surface area contributed by atoms with Crippen LogP contribution in [0.3, 0.4) is 0 Å². The van der Waals surface area contributed by atoms with E-state index in [1.165, 1.54) is 0 Å². The lowest BCUT2D eigenvalue weighted by atomic mass is 9.94. The normalized spacial score (nSPS) is 21.7. The molecule has 96 valence electrons. The maximum absolute atomic E-state index is 12.6. The number of halogens is 1. The summed E-state index contributed by atoms with van der Waals surface area (Å²) in [6.07, 6.45) is 1.94. The second kappa shape index (κ2) is 4.56.